The summed E-state index contributed by atoms with van der Waals surface area (Å²) in [5.74, 6) is 0. The summed E-state index contributed by atoms with van der Waals surface area (Å²) in [7, 11) is 0. The lowest BCUT2D eigenvalue weighted by molar-refractivity contribution is 0.111. The fourth-order valence-electron chi connectivity index (χ4n) is 2.12. The van der Waals surface area contributed by atoms with Gasteiger partial charge in [0.15, 0.2) is 0 Å². The van der Waals surface area contributed by atoms with Gasteiger partial charge in [-0.15, -0.1) is 0 Å². The second kappa shape index (κ2) is 5.47. The molecule has 88 valence electrons. The SMILES string of the molecule is CC(NC1CCOC1C)c1ccc(I)cc1. The van der Waals surface area contributed by atoms with Gasteiger partial charge in [0.1, 0.15) is 0 Å². The molecule has 3 unspecified atom stereocenters. The first-order chi connectivity index (χ1) is 7.66. The van der Waals surface area contributed by atoms with E-state index in [1.165, 1.54) is 9.13 Å². The zero-order chi connectivity index (χ0) is 11.5. The third-order valence-electron chi connectivity index (χ3n) is 3.21. The minimum absolute atomic E-state index is 0.339. The predicted molar refractivity (Wildman–Crippen MR) is 74.5 cm³/mol. The standard InChI is InChI=1S/C13H18INO/c1-9(11-3-5-12(14)6-4-11)15-13-7-8-16-10(13)2/h3-6,9-10,13,15H,7-8H2,1-2H3. The molecule has 3 heteroatoms. The maximum absolute atomic E-state index is 5.56. The van der Waals surface area contributed by atoms with Gasteiger partial charge in [0.2, 0.25) is 0 Å². The summed E-state index contributed by atoms with van der Waals surface area (Å²) in [5, 5.41) is 3.64. The van der Waals surface area contributed by atoms with Gasteiger partial charge in [0, 0.05) is 22.3 Å². The first-order valence-electron chi connectivity index (χ1n) is 5.80. The summed E-state index contributed by atoms with van der Waals surface area (Å²) in [6.45, 7) is 5.25. The van der Waals surface area contributed by atoms with Crippen molar-refractivity contribution in [2.45, 2.75) is 38.5 Å². The van der Waals surface area contributed by atoms with Crippen molar-refractivity contribution < 1.29 is 4.74 Å². The Morgan fingerprint density at radius 1 is 1.38 bits per heavy atom. The molecule has 2 rings (SSSR count). The fourth-order valence-corrected chi connectivity index (χ4v) is 2.48. The molecule has 0 bridgehead atoms. The Morgan fingerprint density at radius 3 is 2.62 bits per heavy atom. The van der Waals surface area contributed by atoms with Crippen molar-refractivity contribution in [3.8, 4) is 0 Å². The zero-order valence-corrected chi connectivity index (χ0v) is 11.9. The van der Waals surface area contributed by atoms with Gasteiger partial charge in [-0.3, -0.25) is 0 Å². The van der Waals surface area contributed by atoms with Crippen molar-refractivity contribution in [2.75, 3.05) is 6.61 Å². The van der Waals surface area contributed by atoms with E-state index in [1.54, 1.807) is 0 Å². The Bertz CT molecular complexity index is 338. The Labute approximate surface area is 111 Å². The molecule has 1 N–H and O–H groups in total. The summed E-state index contributed by atoms with van der Waals surface area (Å²) in [4.78, 5) is 0. The lowest BCUT2D eigenvalue weighted by Crippen LogP contribution is -2.36. The molecule has 1 aliphatic rings. The van der Waals surface area contributed by atoms with E-state index in [9.17, 15) is 0 Å². The molecule has 0 spiro atoms. The number of benzene rings is 1. The topological polar surface area (TPSA) is 21.3 Å². The minimum Gasteiger partial charge on any atom is -0.377 e. The fraction of sp³-hybridized carbons (Fsp3) is 0.538. The van der Waals surface area contributed by atoms with Crippen molar-refractivity contribution in [2.24, 2.45) is 0 Å². The molecular formula is C13H18INO. The summed E-state index contributed by atoms with van der Waals surface area (Å²) in [6.07, 6.45) is 1.46. The maximum Gasteiger partial charge on any atom is 0.0700 e. The molecule has 16 heavy (non-hydrogen) atoms. The highest BCUT2D eigenvalue weighted by atomic mass is 127. The van der Waals surface area contributed by atoms with Crippen LogP contribution in [-0.4, -0.2) is 18.8 Å². The number of rotatable bonds is 3. The summed E-state index contributed by atoms with van der Waals surface area (Å²) >= 11 is 2.33. The molecule has 1 fully saturated rings. The van der Waals surface area contributed by atoms with E-state index in [-0.39, 0.29) is 0 Å². The Hall–Kier alpha value is -0.130. The van der Waals surface area contributed by atoms with E-state index in [0.29, 0.717) is 18.2 Å². The van der Waals surface area contributed by atoms with E-state index in [4.69, 9.17) is 4.74 Å². The largest absolute Gasteiger partial charge is 0.377 e. The highest BCUT2D eigenvalue weighted by Gasteiger charge is 2.25. The number of halogens is 1. The average molecular weight is 331 g/mol. The van der Waals surface area contributed by atoms with Crippen LogP contribution in [0.1, 0.15) is 31.9 Å². The molecule has 1 heterocycles. The van der Waals surface area contributed by atoms with E-state index in [0.717, 1.165) is 13.0 Å². The molecule has 1 aromatic carbocycles. The molecular weight excluding hydrogens is 313 g/mol. The number of ether oxygens (including phenoxy) is 1. The van der Waals surface area contributed by atoms with Crippen molar-refractivity contribution in [3.05, 3.63) is 33.4 Å². The average Bonchev–Trinajstić information content (AvgIpc) is 2.65. The zero-order valence-electron chi connectivity index (χ0n) is 9.74. The highest BCUT2D eigenvalue weighted by Crippen LogP contribution is 2.19. The van der Waals surface area contributed by atoms with Crippen LogP contribution in [0, 0.1) is 3.57 Å². The van der Waals surface area contributed by atoms with E-state index >= 15 is 0 Å². The molecule has 1 aromatic rings. The third kappa shape index (κ3) is 2.96. The van der Waals surface area contributed by atoms with Crippen LogP contribution in [0.25, 0.3) is 0 Å². The maximum atomic E-state index is 5.56. The summed E-state index contributed by atoms with van der Waals surface area (Å²) in [6, 6.07) is 9.59. The van der Waals surface area contributed by atoms with Crippen molar-refractivity contribution >= 4 is 22.6 Å². The van der Waals surface area contributed by atoms with Crippen LogP contribution in [0.4, 0.5) is 0 Å². The van der Waals surface area contributed by atoms with Crippen molar-refractivity contribution in [1.82, 2.24) is 5.32 Å². The van der Waals surface area contributed by atoms with E-state index < -0.39 is 0 Å². The molecule has 0 aromatic heterocycles. The van der Waals surface area contributed by atoms with Gasteiger partial charge >= 0.3 is 0 Å². The van der Waals surface area contributed by atoms with Crippen LogP contribution < -0.4 is 5.32 Å². The Balaban J connectivity index is 1.97. The number of hydrogen-bond donors (Lipinski definition) is 1. The van der Waals surface area contributed by atoms with Gasteiger partial charge in [0.05, 0.1) is 6.10 Å². The molecule has 1 saturated heterocycles. The third-order valence-corrected chi connectivity index (χ3v) is 3.93. The number of hydrogen-bond acceptors (Lipinski definition) is 2. The van der Waals surface area contributed by atoms with Gasteiger partial charge < -0.3 is 10.1 Å². The molecule has 2 nitrogen and oxygen atoms in total. The molecule has 0 saturated carbocycles. The lowest BCUT2D eigenvalue weighted by atomic mass is 10.1. The molecule has 0 aliphatic carbocycles. The second-order valence-electron chi connectivity index (χ2n) is 4.41. The minimum atomic E-state index is 0.339. The first kappa shape index (κ1) is 12.3. The smallest absolute Gasteiger partial charge is 0.0700 e. The van der Waals surface area contributed by atoms with Gasteiger partial charge in [0.25, 0.3) is 0 Å². The first-order valence-corrected chi connectivity index (χ1v) is 6.88. The van der Waals surface area contributed by atoms with E-state index in [1.807, 2.05) is 0 Å². The van der Waals surface area contributed by atoms with E-state index in [2.05, 4.69) is 66.0 Å². The van der Waals surface area contributed by atoms with Crippen LogP contribution in [0.5, 0.6) is 0 Å². The molecule has 3 atom stereocenters. The quantitative estimate of drug-likeness (QED) is 0.860. The highest BCUT2D eigenvalue weighted by molar-refractivity contribution is 14.1. The summed E-state index contributed by atoms with van der Waals surface area (Å²) in [5.41, 5.74) is 1.35. The second-order valence-corrected chi connectivity index (χ2v) is 5.66. The summed E-state index contributed by atoms with van der Waals surface area (Å²) < 4.78 is 6.84. The molecule has 0 radical (unpaired) electrons. The van der Waals surface area contributed by atoms with Crippen LogP contribution in [0.2, 0.25) is 0 Å². The lowest BCUT2D eigenvalue weighted by Gasteiger charge is -2.22. The normalized spacial score (nSPS) is 26.9. The van der Waals surface area contributed by atoms with Crippen LogP contribution in [0.15, 0.2) is 24.3 Å². The van der Waals surface area contributed by atoms with Gasteiger partial charge in [-0.25, -0.2) is 0 Å². The van der Waals surface area contributed by atoms with Crippen LogP contribution in [-0.2, 0) is 4.74 Å². The van der Waals surface area contributed by atoms with Crippen molar-refractivity contribution in [3.63, 3.8) is 0 Å². The van der Waals surface area contributed by atoms with Crippen LogP contribution in [0.3, 0.4) is 0 Å². The molecule has 0 amide bonds. The monoisotopic (exact) mass is 331 g/mol. The van der Waals surface area contributed by atoms with Gasteiger partial charge in [-0.1, -0.05) is 12.1 Å². The van der Waals surface area contributed by atoms with Gasteiger partial charge in [-0.2, -0.15) is 0 Å². The van der Waals surface area contributed by atoms with Gasteiger partial charge in [-0.05, 0) is 60.6 Å². The Morgan fingerprint density at radius 2 is 2.06 bits per heavy atom. The van der Waals surface area contributed by atoms with Crippen molar-refractivity contribution in [1.29, 1.82) is 0 Å². The predicted octanol–water partition coefficient (Wildman–Crippen LogP) is 3.12. The van der Waals surface area contributed by atoms with Crippen LogP contribution >= 0.6 is 22.6 Å². The number of nitrogens with one attached hydrogen (secondary N) is 1. The Kier molecular flexibility index (Phi) is 4.21. The molecule has 1 aliphatic heterocycles.